The molecule has 0 radical (unpaired) electrons. The summed E-state index contributed by atoms with van der Waals surface area (Å²) in [6, 6.07) is -0.956. The number of nitrogens with one attached hydrogen (secondary N) is 1. The number of imidazole rings is 1. The second kappa shape index (κ2) is 4.48. The van der Waals surface area contributed by atoms with E-state index < -0.39 is 17.9 Å². The van der Waals surface area contributed by atoms with Crippen LogP contribution in [0.4, 0.5) is 0 Å². The summed E-state index contributed by atoms with van der Waals surface area (Å²) < 4.78 is 4.92. The molecule has 2 aromatic heterocycles. The number of aromatic nitrogens is 3. The van der Waals surface area contributed by atoms with Crippen LogP contribution in [0.3, 0.4) is 0 Å². The summed E-state index contributed by atoms with van der Waals surface area (Å²) in [7, 11) is 0. The van der Waals surface area contributed by atoms with Gasteiger partial charge in [0.15, 0.2) is 0 Å². The van der Waals surface area contributed by atoms with E-state index >= 15 is 0 Å². The normalized spacial score (nSPS) is 17.9. The highest BCUT2D eigenvalue weighted by Gasteiger charge is 2.37. The number of fused-ring (bicyclic) bond motifs is 1. The standard InChI is InChI=1S/C12H12N4O4/c1-6-3-15-20-10(6)11(17)16-4-8-7(13-5-14-8)2-9(16)12(18)19/h3,5,9H,2,4H2,1H3,(H,13,14)(H,18,19). The summed E-state index contributed by atoms with van der Waals surface area (Å²) in [5.41, 5.74) is 2.00. The first-order valence-corrected chi connectivity index (χ1v) is 6.04. The average Bonchev–Trinajstić information content (AvgIpc) is 3.04. The number of carbonyl (C=O) groups is 2. The van der Waals surface area contributed by atoms with Crippen molar-refractivity contribution < 1.29 is 19.2 Å². The van der Waals surface area contributed by atoms with Crippen LogP contribution in [0.25, 0.3) is 0 Å². The highest BCUT2D eigenvalue weighted by molar-refractivity contribution is 5.95. The van der Waals surface area contributed by atoms with Crippen LogP contribution in [-0.4, -0.2) is 43.0 Å². The summed E-state index contributed by atoms with van der Waals surface area (Å²) in [6.45, 7) is 1.84. The lowest BCUT2D eigenvalue weighted by atomic mass is 10.0. The Bertz CT molecular complexity index is 675. The summed E-state index contributed by atoms with van der Waals surface area (Å²) in [5.74, 6) is -1.48. The Morgan fingerprint density at radius 3 is 3.00 bits per heavy atom. The number of H-pyrrole nitrogens is 1. The largest absolute Gasteiger partial charge is 0.480 e. The molecule has 0 saturated heterocycles. The van der Waals surface area contributed by atoms with Crippen molar-refractivity contribution in [2.24, 2.45) is 0 Å². The van der Waals surface area contributed by atoms with Gasteiger partial charge in [0, 0.05) is 12.0 Å². The van der Waals surface area contributed by atoms with Crippen LogP contribution in [0.1, 0.15) is 27.5 Å². The average molecular weight is 276 g/mol. The fourth-order valence-electron chi connectivity index (χ4n) is 2.30. The van der Waals surface area contributed by atoms with Crippen LogP contribution in [0.5, 0.6) is 0 Å². The molecule has 3 heterocycles. The van der Waals surface area contributed by atoms with Gasteiger partial charge in [-0.1, -0.05) is 5.16 Å². The van der Waals surface area contributed by atoms with Gasteiger partial charge >= 0.3 is 5.97 Å². The zero-order valence-electron chi connectivity index (χ0n) is 10.7. The molecule has 1 aliphatic heterocycles. The van der Waals surface area contributed by atoms with Gasteiger partial charge in [-0.2, -0.15) is 0 Å². The van der Waals surface area contributed by atoms with E-state index in [1.54, 1.807) is 6.92 Å². The van der Waals surface area contributed by atoms with Gasteiger partial charge < -0.3 is 19.5 Å². The van der Waals surface area contributed by atoms with Gasteiger partial charge in [0.25, 0.3) is 5.91 Å². The number of hydrogen-bond acceptors (Lipinski definition) is 5. The lowest BCUT2D eigenvalue weighted by Gasteiger charge is -2.31. The van der Waals surface area contributed by atoms with Gasteiger partial charge in [-0.15, -0.1) is 0 Å². The number of carboxylic acid groups (broad SMARTS) is 1. The summed E-state index contributed by atoms with van der Waals surface area (Å²) in [6.07, 6.45) is 3.10. The van der Waals surface area contributed by atoms with Gasteiger partial charge in [0.05, 0.1) is 30.5 Å². The minimum absolute atomic E-state index is 0.0687. The monoisotopic (exact) mass is 276 g/mol. The Morgan fingerprint density at radius 1 is 1.55 bits per heavy atom. The van der Waals surface area contributed by atoms with E-state index in [1.807, 2.05) is 0 Å². The molecule has 0 spiro atoms. The van der Waals surface area contributed by atoms with Crippen molar-refractivity contribution in [3.8, 4) is 0 Å². The third-order valence-electron chi connectivity index (χ3n) is 3.39. The number of aryl methyl sites for hydroxylation is 1. The Labute approximate surface area is 113 Å². The molecule has 1 atom stereocenters. The van der Waals surface area contributed by atoms with E-state index in [4.69, 9.17) is 4.52 Å². The number of carboxylic acids is 1. The highest BCUT2D eigenvalue weighted by Crippen LogP contribution is 2.23. The summed E-state index contributed by atoms with van der Waals surface area (Å²) >= 11 is 0. The van der Waals surface area contributed by atoms with E-state index in [2.05, 4.69) is 15.1 Å². The zero-order chi connectivity index (χ0) is 14.3. The van der Waals surface area contributed by atoms with Crippen LogP contribution in [0, 0.1) is 6.92 Å². The molecule has 0 aromatic carbocycles. The van der Waals surface area contributed by atoms with E-state index in [0.29, 0.717) is 11.3 Å². The lowest BCUT2D eigenvalue weighted by molar-refractivity contribution is -0.142. The molecule has 0 fully saturated rings. The fourth-order valence-corrected chi connectivity index (χ4v) is 2.30. The predicted octanol–water partition coefficient (Wildman–Crippen LogP) is 0.358. The Hall–Kier alpha value is -2.64. The predicted molar refractivity (Wildman–Crippen MR) is 64.8 cm³/mol. The number of aliphatic carboxylic acids is 1. The van der Waals surface area contributed by atoms with Crippen molar-refractivity contribution >= 4 is 11.9 Å². The quantitative estimate of drug-likeness (QED) is 0.818. The minimum atomic E-state index is -1.07. The van der Waals surface area contributed by atoms with E-state index in [0.717, 1.165) is 5.69 Å². The first-order chi connectivity index (χ1) is 9.58. The van der Waals surface area contributed by atoms with Crippen molar-refractivity contribution in [1.29, 1.82) is 0 Å². The van der Waals surface area contributed by atoms with Gasteiger partial charge in [0.1, 0.15) is 6.04 Å². The maximum absolute atomic E-state index is 12.4. The van der Waals surface area contributed by atoms with Crippen molar-refractivity contribution in [2.45, 2.75) is 25.9 Å². The number of rotatable bonds is 2. The maximum Gasteiger partial charge on any atom is 0.326 e. The van der Waals surface area contributed by atoms with Crippen molar-refractivity contribution in [1.82, 2.24) is 20.0 Å². The smallest absolute Gasteiger partial charge is 0.326 e. The molecule has 1 amide bonds. The summed E-state index contributed by atoms with van der Waals surface area (Å²) in [4.78, 5) is 32.0. The third kappa shape index (κ3) is 1.85. The molecule has 0 bridgehead atoms. The van der Waals surface area contributed by atoms with Gasteiger partial charge in [-0.25, -0.2) is 9.78 Å². The minimum Gasteiger partial charge on any atom is -0.480 e. The zero-order valence-corrected chi connectivity index (χ0v) is 10.7. The Balaban J connectivity index is 1.96. The first kappa shape index (κ1) is 12.4. The molecule has 1 unspecified atom stereocenters. The topological polar surface area (TPSA) is 112 Å². The van der Waals surface area contributed by atoms with Crippen LogP contribution < -0.4 is 0 Å². The molecular formula is C12H12N4O4. The van der Waals surface area contributed by atoms with E-state index in [9.17, 15) is 14.7 Å². The Kier molecular flexibility index (Phi) is 2.78. The van der Waals surface area contributed by atoms with Gasteiger partial charge in [0.2, 0.25) is 5.76 Å². The molecule has 8 heteroatoms. The van der Waals surface area contributed by atoms with Crippen LogP contribution in [-0.2, 0) is 17.8 Å². The highest BCUT2D eigenvalue weighted by atomic mass is 16.5. The molecule has 104 valence electrons. The van der Waals surface area contributed by atoms with Crippen LogP contribution >= 0.6 is 0 Å². The first-order valence-electron chi connectivity index (χ1n) is 6.04. The molecule has 3 rings (SSSR count). The molecular weight excluding hydrogens is 264 g/mol. The number of hydrogen-bond donors (Lipinski definition) is 2. The van der Waals surface area contributed by atoms with Crippen molar-refractivity contribution in [3.63, 3.8) is 0 Å². The molecule has 0 aliphatic carbocycles. The second-order valence-corrected chi connectivity index (χ2v) is 4.66. The van der Waals surface area contributed by atoms with Crippen molar-refractivity contribution in [2.75, 3.05) is 0 Å². The maximum atomic E-state index is 12.4. The van der Waals surface area contributed by atoms with E-state index in [-0.39, 0.29) is 18.7 Å². The fraction of sp³-hybridized carbons (Fsp3) is 0.333. The van der Waals surface area contributed by atoms with Crippen LogP contribution in [0.2, 0.25) is 0 Å². The Morgan fingerprint density at radius 2 is 2.35 bits per heavy atom. The van der Waals surface area contributed by atoms with Crippen LogP contribution in [0.15, 0.2) is 17.0 Å². The lowest BCUT2D eigenvalue weighted by Crippen LogP contribution is -2.48. The molecule has 20 heavy (non-hydrogen) atoms. The number of nitrogens with zero attached hydrogens (tertiary/aromatic N) is 3. The second-order valence-electron chi connectivity index (χ2n) is 4.66. The van der Waals surface area contributed by atoms with Gasteiger partial charge in [-0.3, -0.25) is 4.79 Å². The summed E-state index contributed by atoms with van der Waals surface area (Å²) in [5, 5.41) is 12.9. The molecule has 1 aliphatic rings. The van der Waals surface area contributed by atoms with Crippen molar-refractivity contribution in [3.05, 3.63) is 35.2 Å². The third-order valence-corrected chi connectivity index (χ3v) is 3.39. The van der Waals surface area contributed by atoms with E-state index in [1.165, 1.54) is 17.4 Å². The number of amides is 1. The SMILES string of the molecule is Cc1cnoc1C(=O)N1Cc2[nH]cnc2CC1C(=O)O. The number of aromatic amines is 1. The molecule has 2 N–H and O–H groups in total. The number of carbonyl (C=O) groups excluding carboxylic acids is 1. The molecule has 8 nitrogen and oxygen atoms in total. The molecule has 2 aromatic rings. The van der Waals surface area contributed by atoms with Gasteiger partial charge in [-0.05, 0) is 6.92 Å². The molecule has 0 saturated carbocycles.